The van der Waals surface area contributed by atoms with Gasteiger partial charge in [-0.25, -0.2) is 4.98 Å². The first-order chi connectivity index (χ1) is 13.2. The fourth-order valence-corrected chi connectivity index (χ4v) is 4.13. The summed E-state index contributed by atoms with van der Waals surface area (Å²) in [6.07, 6.45) is 4.52. The Bertz CT molecular complexity index is 935. The third-order valence-electron chi connectivity index (χ3n) is 4.77. The zero-order valence-corrected chi connectivity index (χ0v) is 18.1. The molecule has 1 aromatic heterocycles. The van der Waals surface area contributed by atoms with Crippen LogP contribution in [0.3, 0.4) is 0 Å². The molecule has 3 aromatic rings. The zero-order valence-electron chi connectivity index (χ0n) is 15.6. The number of hydrogen-bond acceptors (Lipinski definition) is 5. The Morgan fingerprint density at radius 3 is 2.72 bits per heavy atom. The van der Waals surface area contributed by atoms with Crippen LogP contribution >= 0.6 is 36.6 Å². The van der Waals surface area contributed by atoms with Gasteiger partial charge in [-0.3, -0.25) is 9.89 Å². The number of nitrogens with two attached hydrogens (primary N) is 1. The van der Waals surface area contributed by atoms with Crippen molar-refractivity contribution in [3.63, 3.8) is 0 Å². The molecule has 0 fully saturated rings. The standard InChI is InChI=1S/C20H21N5OS.2ClH/c21-16-8-9-17-15(10-16)2-1-3-18(17)24-19(26)14-6-4-13(5-7-14)11-27-20-22-12-23-25-20;;/h4-10,12,18H,1-3,11,21H2,(H,24,26)(H,22,23,25);2*1H. The van der Waals surface area contributed by atoms with Crippen molar-refractivity contribution in [1.29, 1.82) is 0 Å². The highest BCUT2D eigenvalue weighted by molar-refractivity contribution is 7.98. The lowest BCUT2D eigenvalue weighted by Gasteiger charge is -2.26. The molecule has 1 aliphatic rings. The number of hydrogen-bond donors (Lipinski definition) is 3. The summed E-state index contributed by atoms with van der Waals surface area (Å²) < 4.78 is 0. The number of benzene rings is 2. The van der Waals surface area contributed by atoms with Crippen molar-refractivity contribution in [2.45, 2.75) is 36.2 Å². The molecule has 154 valence electrons. The van der Waals surface area contributed by atoms with Crippen molar-refractivity contribution >= 4 is 48.2 Å². The van der Waals surface area contributed by atoms with Crippen LogP contribution in [0, 0.1) is 0 Å². The van der Waals surface area contributed by atoms with Crippen LogP contribution in [0.1, 0.15) is 45.9 Å². The van der Waals surface area contributed by atoms with Crippen molar-refractivity contribution in [2.24, 2.45) is 0 Å². The van der Waals surface area contributed by atoms with Gasteiger partial charge in [0, 0.05) is 17.0 Å². The molecule has 0 saturated carbocycles. The maximum absolute atomic E-state index is 12.7. The summed E-state index contributed by atoms with van der Waals surface area (Å²) in [4.78, 5) is 16.8. The smallest absolute Gasteiger partial charge is 0.251 e. The fourth-order valence-electron chi connectivity index (χ4n) is 3.39. The molecule has 4 N–H and O–H groups in total. The van der Waals surface area contributed by atoms with Gasteiger partial charge in [0.05, 0.1) is 6.04 Å². The number of carbonyl (C=O) groups excluding carboxylic acids is 1. The minimum Gasteiger partial charge on any atom is -0.399 e. The van der Waals surface area contributed by atoms with Gasteiger partial charge >= 0.3 is 0 Å². The maximum Gasteiger partial charge on any atom is 0.251 e. The number of fused-ring (bicyclic) bond motifs is 1. The third-order valence-corrected chi connectivity index (χ3v) is 5.72. The van der Waals surface area contributed by atoms with E-state index in [-0.39, 0.29) is 36.8 Å². The lowest BCUT2D eigenvalue weighted by Crippen LogP contribution is -2.31. The Labute approximate surface area is 186 Å². The first-order valence-electron chi connectivity index (χ1n) is 8.95. The number of nitrogen functional groups attached to an aromatic ring is 1. The van der Waals surface area contributed by atoms with E-state index in [1.807, 2.05) is 42.5 Å². The van der Waals surface area contributed by atoms with E-state index in [0.29, 0.717) is 5.56 Å². The molecule has 29 heavy (non-hydrogen) atoms. The van der Waals surface area contributed by atoms with Crippen molar-refractivity contribution < 1.29 is 4.79 Å². The topological polar surface area (TPSA) is 96.7 Å². The Balaban J connectivity index is 0.00000150. The number of aromatic nitrogens is 3. The summed E-state index contributed by atoms with van der Waals surface area (Å²) in [6.45, 7) is 0. The summed E-state index contributed by atoms with van der Waals surface area (Å²) in [5.74, 6) is 0.730. The molecule has 1 amide bonds. The van der Waals surface area contributed by atoms with Crippen LogP contribution < -0.4 is 11.1 Å². The van der Waals surface area contributed by atoms with Crippen LogP contribution in [0.25, 0.3) is 0 Å². The number of nitrogens with one attached hydrogen (secondary N) is 2. The SMILES string of the molecule is Cl.Cl.Nc1ccc2c(c1)CCCC2NC(=O)c1ccc(CSc2ncn[nH]2)cc1. The van der Waals surface area contributed by atoms with E-state index < -0.39 is 0 Å². The minimum atomic E-state index is -0.0425. The number of amides is 1. The molecule has 0 aliphatic heterocycles. The number of H-pyrrole nitrogens is 1. The molecule has 6 nitrogen and oxygen atoms in total. The van der Waals surface area contributed by atoms with E-state index in [1.165, 1.54) is 17.5 Å². The lowest BCUT2D eigenvalue weighted by molar-refractivity contribution is 0.0933. The molecule has 0 bridgehead atoms. The second-order valence-corrected chi connectivity index (χ2v) is 7.62. The van der Waals surface area contributed by atoms with Gasteiger partial charge < -0.3 is 11.1 Å². The van der Waals surface area contributed by atoms with Crippen molar-refractivity contribution in [3.8, 4) is 0 Å². The van der Waals surface area contributed by atoms with Gasteiger partial charge in [-0.2, -0.15) is 5.10 Å². The summed E-state index contributed by atoms with van der Waals surface area (Å²) in [6, 6.07) is 13.7. The third kappa shape index (κ3) is 5.65. The van der Waals surface area contributed by atoms with Crippen molar-refractivity contribution in [1.82, 2.24) is 20.5 Å². The molecule has 1 atom stereocenters. The second-order valence-electron chi connectivity index (χ2n) is 6.65. The Hall–Kier alpha value is -2.22. The quantitative estimate of drug-likeness (QED) is 0.396. The van der Waals surface area contributed by atoms with Crippen LogP contribution in [0.2, 0.25) is 0 Å². The molecular formula is C20H23Cl2N5OS. The fraction of sp³-hybridized carbons (Fsp3) is 0.250. The Morgan fingerprint density at radius 1 is 1.21 bits per heavy atom. The van der Waals surface area contributed by atoms with Crippen molar-refractivity contribution in [3.05, 3.63) is 71.0 Å². The largest absolute Gasteiger partial charge is 0.399 e. The maximum atomic E-state index is 12.7. The van der Waals surface area contributed by atoms with Gasteiger partial charge in [0.15, 0.2) is 5.16 Å². The van der Waals surface area contributed by atoms with E-state index in [0.717, 1.165) is 41.4 Å². The van der Waals surface area contributed by atoms with E-state index in [4.69, 9.17) is 5.73 Å². The van der Waals surface area contributed by atoms with Crippen LogP contribution in [0.15, 0.2) is 53.9 Å². The molecule has 0 radical (unpaired) electrons. The zero-order chi connectivity index (χ0) is 18.6. The molecule has 9 heteroatoms. The highest BCUT2D eigenvalue weighted by atomic mass is 35.5. The number of thioether (sulfide) groups is 1. The Kier molecular flexibility index (Phi) is 8.37. The summed E-state index contributed by atoms with van der Waals surface area (Å²) >= 11 is 1.58. The van der Waals surface area contributed by atoms with Crippen LogP contribution in [-0.2, 0) is 12.2 Å². The van der Waals surface area contributed by atoms with Crippen LogP contribution in [-0.4, -0.2) is 21.1 Å². The van der Waals surface area contributed by atoms with Crippen LogP contribution in [0.4, 0.5) is 5.69 Å². The second kappa shape index (κ2) is 10.5. The van der Waals surface area contributed by atoms with E-state index >= 15 is 0 Å². The number of anilines is 1. The highest BCUT2D eigenvalue weighted by Gasteiger charge is 2.22. The normalized spacial score (nSPS) is 14.8. The summed E-state index contributed by atoms with van der Waals surface area (Å²) in [7, 11) is 0. The number of aryl methyl sites for hydroxylation is 1. The molecular weight excluding hydrogens is 429 g/mol. The van der Waals surface area contributed by atoms with Gasteiger partial charge in [0.25, 0.3) is 5.91 Å². The predicted octanol–water partition coefficient (Wildman–Crippen LogP) is 4.33. The molecule has 1 heterocycles. The van der Waals surface area contributed by atoms with E-state index in [9.17, 15) is 4.79 Å². The van der Waals surface area contributed by atoms with Gasteiger partial charge in [-0.1, -0.05) is 30.0 Å². The van der Waals surface area contributed by atoms with Gasteiger partial charge in [-0.15, -0.1) is 24.8 Å². The van der Waals surface area contributed by atoms with Gasteiger partial charge in [0.1, 0.15) is 6.33 Å². The van der Waals surface area contributed by atoms with E-state index in [1.54, 1.807) is 11.8 Å². The van der Waals surface area contributed by atoms with Gasteiger partial charge in [0.2, 0.25) is 0 Å². The van der Waals surface area contributed by atoms with Crippen molar-refractivity contribution in [2.75, 3.05) is 5.73 Å². The molecule has 4 rings (SSSR count). The monoisotopic (exact) mass is 451 g/mol. The molecule has 0 saturated heterocycles. The Morgan fingerprint density at radius 2 is 2.00 bits per heavy atom. The summed E-state index contributed by atoms with van der Waals surface area (Å²) in [5, 5.41) is 10.6. The minimum absolute atomic E-state index is 0. The number of nitrogens with zero attached hydrogens (tertiary/aromatic N) is 2. The molecule has 1 unspecified atom stereocenters. The predicted molar refractivity (Wildman–Crippen MR) is 121 cm³/mol. The lowest BCUT2D eigenvalue weighted by atomic mass is 9.87. The average Bonchev–Trinajstić information content (AvgIpc) is 3.20. The first-order valence-corrected chi connectivity index (χ1v) is 9.94. The summed E-state index contributed by atoms with van der Waals surface area (Å²) in [5.41, 5.74) is 10.9. The van der Waals surface area contributed by atoms with Crippen LogP contribution in [0.5, 0.6) is 0 Å². The first kappa shape index (κ1) is 23.1. The molecule has 0 spiro atoms. The molecule has 1 aliphatic carbocycles. The number of carbonyl (C=O) groups is 1. The average molecular weight is 452 g/mol. The number of rotatable bonds is 5. The van der Waals surface area contributed by atoms with E-state index in [2.05, 4.69) is 20.5 Å². The van der Waals surface area contributed by atoms with Gasteiger partial charge in [-0.05, 0) is 60.2 Å². The number of aromatic amines is 1. The highest BCUT2D eigenvalue weighted by Crippen LogP contribution is 2.31. The number of halogens is 2. The molecule has 2 aromatic carbocycles.